The molecule has 28 heavy (non-hydrogen) atoms. The van der Waals surface area contributed by atoms with Crippen molar-refractivity contribution in [3.05, 3.63) is 34.3 Å². The molecule has 1 rings (SSSR count). The van der Waals surface area contributed by atoms with E-state index in [1.54, 1.807) is 11.9 Å². The topological polar surface area (TPSA) is 55.8 Å². The second-order valence-electron chi connectivity index (χ2n) is 9.11. The predicted octanol–water partition coefficient (Wildman–Crippen LogP) is 5.60. The van der Waals surface area contributed by atoms with Crippen LogP contribution in [-0.2, 0) is 20.7 Å². The van der Waals surface area contributed by atoms with Gasteiger partial charge < -0.3 is 14.4 Å². The van der Waals surface area contributed by atoms with Gasteiger partial charge in [0.1, 0.15) is 11.2 Å². The average Bonchev–Trinajstić information content (AvgIpc) is 2.50. The molecule has 0 aliphatic rings. The summed E-state index contributed by atoms with van der Waals surface area (Å²) in [6, 6.07) is 7.95. The van der Waals surface area contributed by atoms with E-state index in [1.807, 2.05) is 65.8 Å². The summed E-state index contributed by atoms with van der Waals surface area (Å²) >= 11 is 3.48. The largest absolute Gasteiger partial charge is 0.460 e. The highest BCUT2D eigenvalue weighted by Gasteiger charge is 2.26. The van der Waals surface area contributed by atoms with Crippen molar-refractivity contribution in [1.29, 1.82) is 0 Å². The number of esters is 1. The second-order valence-corrected chi connectivity index (χ2v) is 10.0. The van der Waals surface area contributed by atoms with Crippen molar-refractivity contribution in [2.24, 2.45) is 5.92 Å². The van der Waals surface area contributed by atoms with Crippen LogP contribution in [-0.4, -0.2) is 41.8 Å². The third-order valence-corrected chi connectivity index (χ3v) is 4.36. The molecular weight excluding hydrogens is 422 g/mol. The third-order valence-electron chi connectivity index (χ3n) is 3.86. The summed E-state index contributed by atoms with van der Waals surface area (Å²) in [5, 5.41) is 0. The van der Waals surface area contributed by atoms with Crippen LogP contribution in [0.4, 0.5) is 4.79 Å². The maximum Gasteiger partial charge on any atom is 0.410 e. The molecule has 0 heterocycles. The van der Waals surface area contributed by atoms with Gasteiger partial charge in [-0.3, -0.25) is 4.79 Å². The van der Waals surface area contributed by atoms with E-state index in [1.165, 1.54) is 0 Å². The van der Waals surface area contributed by atoms with Crippen molar-refractivity contribution < 1.29 is 19.1 Å². The predicted molar refractivity (Wildman–Crippen MR) is 115 cm³/mol. The fraction of sp³-hybridized carbons (Fsp3) is 0.636. The maximum absolute atomic E-state index is 12.7. The third kappa shape index (κ3) is 10.1. The van der Waals surface area contributed by atoms with E-state index in [0.717, 1.165) is 10.0 Å². The highest BCUT2D eigenvalue weighted by molar-refractivity contribution is 9.10. The van der Waals surface area contributed by atoms with Crippen LogP contribution in [0.1, 0.15) is 59.9 Å². The van der Waals surface area contributed by atoms with Crippen molar-refractivity contribution in [3.63, 3.8) is 0 Å². The quantitative estimate of drug-likeness (QED) is 0.502. The molecule has 0 spiro atoms. The van der Waals surface area contributed by atoms with Crippen molar-refractivity contribution in [2.45, 2.75) is 72.0 Å². The Morgan fingerprint density at radius 3 is 2.21 bits per heavy atom. The lowest BCUT2D eigenvalue weighted by molar-refractivity contribution is -0.160. The van der Waals surface area contributed by atoms with E-state index in [-0.39, 0.29) is 18.0 Å². The first-order chi connectivity index (χ1) is 12.8. The molecular formula is C22H34BrNO4. The minimum atomic E-state index is -0.528. The number of halogens is 1. The highest BCUT2D eigenvalue weighted by atomic mass is 79.9. The fourth-order valence-electron chi connectivity index (χ4n) is 2.64. The standard InChI is InChI=1S/C22H34BrNO4/c1-21(2,3)27-19(25)17(14-16-10-8-12-18(23)15-16)11-9-13-24(7)20(26)28-22(4,5)6/h8,10,12,15,17H,9,11,13-14H2,1-7H3. The van der Waals surface area contributed by atoms with Gasteiger partial charge in [-0.1, -0.05) is 28.1 Å². The van der Waals surface area contributed by atoms with E-state index < -0.39 is 11.2 Å². The maximum atomic E-state index is 12.7. The Morgan fingerprint density at radius 2 is 1.68 bits per heavy atom. The SMILES string of the molecule is CN(CCCC(Cc1cccc(Br)c1)C(=O)OC(C)(C)C)C(=O)OC(C)(C)C. The van der Waals surface area contributed by atoms with Crippen LogP contribution in [0.2, 0.25) is 0 Å². The molecule has 5 nitrogen and oxygen atoms in total. The van der Waals surface area contributed by atoms with Gasteiger partial charge in [0, 0.05) is 18.1 Å². The van der Waals surface area contributed by atoms with Crippen LogP contribution in [0, 0.1) is 5.92 Å². The molecule has 0 saturated carbocycles. The number of hydrogen-bond donors (Lipinski definition) is 0. The summed E-state index contributed by atoms with van der Waals surface area (Å²) in [7, 11) is 1.71. The van der Waals surface area contributed by atoms with Crippen LogP contribution in [0.5, 0.6) is 0 Å². The van der Waals surface area contributed by atoms with Crippen molar-refractivity contribution in [3.8, 4) is 0 Å². The fourth-order valence-corrected chi connectivity index (χ4v) is 3.09. The van der Waals surface area contributed by atoms with Gasteiger partial charge in [-0.25, -0.2) is 4.79 Å². The normalized spacial score (nSPS) is 13.0. The van der Waals surface area contributed by atoms with E-state index in [4.69, 9.17) is 9.47 Å². The molecule has 1 aromatic carbocycles. The van der Waals surface area contributed by atoms with E-state index in [2.05, 4.69) is 15.9 Å². The molecule has 0 aliphatic carbocycles. The van der Waals surface area contributed by atoms with Gasteiger partial charge in [-0.2, -0.15) is 0 Å². The number of rotatable bonds is 7. The van der Waals surface area contributed by atoms with Gasteiger partial charge >= 0.3 is 12.1 Å². The molecule has 6 heteroatoms. The summed E-state index contributed by atoms with van der Waals surface area (Å²) < 4.78 is 12.0. The Labute approximate surface area is 177 Å². The van der Waals surface area contributed by atoms with E-state index in [9.17, 15) is 9.59 Å². The average molecular weight is 456 g/mol. The van der Waals surface area contributed by atoms with Crippen molar-refractivity contribution in [2.75, 3.05) is 13.6 Å². The van der Waals surface area contributed by atoms with Crippen LogP contribution in [0.3, 0.4) is 0 Å². The van der Waals surface area contributed by atoms with Crippen molar-refractivity contribution >= 4 is 28.0 Å². The van der Waals surface area contributed by atoms with Crippen LogP contribution in [0.15, 0.2) is 28.7 Å². The van der Waals surface area contributed by atoms with Gasteiger partial charge in [-0.05, 0) is 78.5 Å². The Hall–Kier alpha value is -1.56. The lowest BCUT2D eigenvalue weighted by Crippen LogP contribution is -2.35. The first kappa shape index (κ1) is 24.5. The zero-order valence-corrected chi connectivity index (χ0v) is 19.8. The Morgan fingerprint density at radius 1 is 1.07 bits per heavy atom. The molecule has 0 N–H and O–H groups in total. The van der Waals surface area contributed by atoms with Crippen molar-refractivity contribution in [1.82, 2.24) is 4.90 Å². The summed E-state index contributed by atoms with van der Waals surface area (Å²) in [4.78, 5) is 26.3. The van der Waals surface area contributed by atoms with Gasteiger partial charge in [0.2, 0.25) is 0 Å². The molecule has 0 aromatic heterocycles. The van der Waals surface area contributed by atoms with E-state index in [0.29, 0.717) is 25.8 Å². The van der Waals surface area contributed by atoms with Crippen LogP contribution >= 0.6 is 15.9 Å². The minimum absolute atomic E-state index is 0.201. The van der Waals surface area contributed by atoms with Gasteiger partial charge in [0.15, 0.2) is 0 Å². The molecule has 1 atom stereocenters. The van der Waals surface area contributed by atoms with Crippen LogP contribution in [0.25, 0.3) is 0 Å². The Balaban J connectivity index is 2.72. The Kier molecular flexibility index (Phi) is 8.99. The van der Waals surface area contributed by atoms with Gasteiger partial charge in [0.25, 0.3) is 0 Å². The highest BCUT2D eigenvalue weighted by Crippen LogP contribution is 2.22. The molecule has 1 amide bonds. The lowest BCUT2D eigenvalue weighted by Gasteiger charge is -2.26. The first-order valence-electron chi connectivity index (χ1n) is 9.68. The molecule has 158 valence electrons. The molecule has 0 radical (unpaired) electrons. The summed E-state index contributed by atoms with van der Waals surface area (Å²) in [5.74, 6) is -0.465. The molecule has 1 aromatic rings. The summed E-state index contributed by atoms with van der Waals surface area (Å²) in [6.45, 7) is 11.7. The van der Waals surface area contributed by atoms with Gasteiger partial charge in [0.05, 0.1) is 5.92 Å². The number of nitrogens with zero attached hydrogens (tertiary/aromatic N) is 1. The zero-order valence-electron chi connectivity index (χ0n) is 18.2. The summed E-state index contributed by atoms with van der Waals surface area (Å²) in [6.07, 6.45) is 1.57. The second kappa shape index (κ2) is 10.3. The number of carbonyl (C=O) groups is 2. The van der Waals surface area contributed by atoms with Crippen LogP contribution < -0.4 is 0 Å². The molecule has 1 unspecified atom stereocenters. The molecule has 0 bridgehead atoms. The Bertz CT molecular complexity index is 661. The monoisotopic (exact) mass is 455 g/mol. The number of hydrogen-bond acceptors (Lipinski definition) is 4. The molecule has 0 aliphatic heterocycles. The number of ether oxygens (including phenoxy) is 2. The van der Waals surface area contributed by atoms with E-state index >= 15 is 0 Å². The zero-order chi connectivity index (χ0) is 21.5. The number of benzene rings is 1. The first-order valence-corrected chi connectivity index (χ1v) is 10.5. The summed E-state index contributed by atoms with van der Waals surface area (Å²) in [5.41, 5.74) is 0.0242. The van der Waals surface area contributed by atoms with Gasteiger partial charge in [-0.15, -0.1) is 0 Å². The number of carbonyl (C=O) groups excluding carboxylic acids is 2. The number of amides is 1. The smallest absolute Gasteiger partial charge is 0.410 e. The lowest BCUT2D eigenvalue weighted by atomic mass is 9.94. The molecule has 0 saturated heterocycles. The minimum Gasteiger partial charge on any atom is -0.460 e. The molecule has 0 fully saturated rings.